The van der Waals surface area contributed by atoms with E-state index in [-0.39, 0.29) is 24.0 Å². The van der Waals surface area contributed by atoms with Gasteiger partial charge in [-0.2, -0.15) is 0 Å². The fourth-order valence-electron chi connectivity index (χ4n) is 4.78. The average Bonchev–Trinajstić information content (AvgIpc) is 2.96. The van der Waals surface area contributed by atoms with Crippen molar-refractivity contribution in [3.63, 3.8) is 0 Å². The Morgan fingerprint density at radius 3 is 2.67 bits per heavy atom. The summed E-state index contributed by atoms with van der Waals surface area (Å²) in [6.07, 6.45) is 13.0. The Morgan fingerprint density at radius 1 is 1.11 bits per heavy atom. The highest BCUT2D eigenvalue weighted by Gasteiger charge is 2.36. The van der Waals surface area contributed by atoms with E-state index in [1.165, 1.54) is 51.4 Å². The van der Waals surface area contributed by atoms with Crippen LogP contribution in [0.5, 0.6) is 0 Å². The maximum Gasteiger partial charge on any atom is 0.194 e. The fourth-order valence-corrected chi connectivity index (χ4v) is 4.78. The van der Waals surface area contributed by atoms with Crippen LogP contribution < -0.4 is 5.32 Å². The van der Waals surface area contributed by atoms with Gasteiger partial charge in [0.2, 0.25) is 0 Å². The second-order valence-corrected chi connectivity index (χ2v) is 7.89. The van der Waals surface area contributed by atoms with Crippen LogP contribution in [0.4, 0.5) is 0 Å². The molecule has 0 bridgehead atoms. The number of aromatic nitrogens is 3. The minimum absolute atomic E-state index is 0. The van der Waals surface area contributed by atoms with E-state index in [4.69, 9.17) is 0 Å². The van der Waals surface area contributed by atoms with E-state index in [0.29, 0.717) is 12.0 Å². The Balaban J connectivity index is 0.00000210. The third kappa shape index (κ3) is 4.55. The quantitative estimate of drug-likeness (QED) is 0.401. The zero-order valence-corrected chi connectivity index (χ0v) is 18.6. The topological polar surface area (TPSA) is 57.8 Å². The van der Waals surface area contributed by atoms with Gasteiger partial charge in [0.25, 0.3) is 0 Å². The highest BCUT2D eigenvalue weighted by atomic mass is 127. The first kappa shape index (κ1) is 20.4. The molecule has 148 valence electrons. The SMILES string of the molecule is CN=C(NCc1nnc2ccccn12)N1CCCC2(CCCCCC2)C1.I. The number of hydrogen-bond acceptors (Lipinski definition) is 3. The number of aliphatic imine (C=N–C) groups is 1. The lowest BCUT2D eigenvalue weighted by Gasteiger charge is -2.44. The van der Waals surface area contributed by atoms with Crippen molar-refractivity contribution in [3.8, 4) is 0 Å². The number of piperidine rings is 1. The normalized spacial score (nSPS) is 20.3. The molecule has 0 amide bonds. The summed E-state index contributed by atoms with van der Waals surface area (Å²) in [5.41, 5.74) is 1.39. The standard InChI is InChI=1S/C20H30N6.HI/c1-21-19(22-15-18-24-23-17-9-4-7-14-26(17)18)25-13-8-12-20(16-25)10-5-2-3-6-11-20;/h4,7,9,14H,2-3,5-6,8,10-13,15-16H2,1H3,(H,21,22);1H. The van der Waals surface area contributed by atoms with Crippen molar-refractivity contribution in [1.29, 1.82) is 0 Å². The Bertz CT molecular complexity index is 763. The largest absolute Gasteiger partial charge is 0.349 e. The zero-order chi connectivity index (χ0) is 17.8. The van der Waals surface area contributed by atoms with E-state index in [9.17, 15) is 0 Å². The second kappa shape index (κ2) is 9.21. The highest BCUT2D eigenvalue weighted by molar-refractivity contribution is 14.0. The lowest BCUT2D eigenvalue weighted by molar-refractivity contribution is 0.115. The van der Waals surface area contributed by atoms with Crippen molar-refractivity contribution >= 4 is 35.6 Å². The van der Waals surface area contributed by atoms with Crippen LogP contribution in [-0.2, 0) is 6.54 Å². The summed E-state index contributed by atoms with van der Waals surface area (Å²) in [7, 11) is 1.89. The third-order valence-corrected chi connectivity index (χ3v) is 6.13. The maximum atomic E-state index is 4.57. The minimum Gasteiger partial charge on any atom is -0.349 e. The molecule has 3 heterocycles. The van der Waals surface area contributed by atoms with Crippen LogP contribution in [0.3, 0.4) is 0 Å². The van der Waals surface area contributed by atoms with E-state index < -0.39 is 0 Å². The Kier molecular flexibility index (Phi) is 6.94. The van der Waals surface area contributed by atoms with Gasteiger partial charge in [-0.1, -0.05) is 31.7 Å². The molecule has 7 heteroatoms. The van der Waals surface area contributed by atoms with Gasteiger partial charge in [0.1, 0.15) is 0 Å². The predicted octanol–water partition coefficient (Wildman–Crippen LogP) is 3.86. The monoisotopic (exact) mass is 482 g/mol. The fraction of sp³-hybridized carbons (Fsp3) is 0.650. The average molecular weight is 482 g/mol. The minimum atomic E-state index is 0. The van der Waals surface area contributed by atoms with Gasteiger partial charge in [0.15, 0.2) is 17.4 Å². The molecule has 2 aromatic heterocycles. The molecule has 1 aliphatic carbocycles. The van der Waals surface area contributed by atoms with Gasteiger partial charge in [-0.15, -0.1) is 34.2 Å². The molecule has 1 saturated heterocycles. The summed E-state index contributed by atoms with van der Waals surface area (Å²) >= 11 is 0. The molecule has 1 N–H and O–H groups in total. The van der Waals surface area contributed by atoms with Crippen molar-refractivity contribution in [2.24, 2.45) is 10.4 Å². The van der Waals surface area contributed by atoms with Crippen LogP contribution in [-0.4, -0.2) is 45.6 Å². The predicted molar refractivity (Wildman–Crippen MR) is 120 cm³/mol. The Morgan fingerprint density at radius 2 is 1.89 bits per heavy atom. The number of hydrogen-bond donors (Lipinski definition) is 1. The van der Waals surface area contributed by atoms with E-state index in [0.717, 1.165) is 30.5 Å². The van der Waals surface area contributed by atoms with Crippen LogP contribution >= 0.6 is 24.0 Å². The van der Waals surface area contributed by atoms with Gasteiger partial charge in [0.05, 0.1) is 6.54 Å². The number of nitrogens with zero attached hydrogens (tertiary/aromatic N) is 5. The Labute approximate surface area is 178 Å². The molecular formula is C20H31IN6. The first-order valence-electron chi connectivity index (χ1n) is 10.0. The molecule has 4 rings (SSSR count). The molecule has 0 atom stereocenters. The molecule has 0 radical (unpaired) electrons. The van der Waals surface area contributed by atoms with Gasteiger partial charge in [-0.05, 0) is 43.2 Å². The summed E-state index contributed by atoms with van der Waals surface area (Å²) in [6.45, 7) is 2.89. The molecule has 1 saturated carbocycles. The van der Waals surface area contributed by atoms with Crippen molar-refractivity contribution in [2.45, 2.75) is 57.9 Å². The molecule has 27 heavy (non-hydrogen) atoms. The molecule has 2 aromatic rings. The first-order valence-corrected chi connectivity index (χ1v) is 10.0. The maximum absolute atomic E-state index is 4.57. The van der Waals surface area contributed by atoms with Crippen LogP contribution in [0.15, 0.2) is 29.4 Å². The number of nitrogens with one attached hydrogen (secondary N) is 1. The molecule has 1 spiro atoms. The van der Waals surface area contributed by atoms with Gasteiger partial charge in [-0.3, -0.25) is 9.39 Å². The van der Waals surface area contributed by atoms with E-state index in [1.807, 2.05) is 35.8 Å². The van der Waals surface area contributed by atoms with Gasteiger partial charge >= 0.3 is 0 Å². The van der Waals surface area contributed by atoms with Crippen molar-refractivity contribution in [1.82, 2.24) is 24.8 Å². The zero-order valence-electron chi connectivity index (χ0n) is 16.2. The summed E-state index contributed by atoms with van der Waals surface area (Å²) in [5, 5.41) is 12.1. The van der Waals surface area contributed by atoms with Gasteiger partial charge < -0.3 is 10.2 Å². The lowest BCUT2D eigenvalue weighted by atomic mass is 9.74. The second-order valence-electron chi connectivity index (χ2n) is 7.89. The number of pyridine rings is 1. The molecule has 6 nitrogen and oxygen atoms in total. The molecule has 0 aromatic carbocycles. The number of likely N-dealkylation sites (tertiary alicyclic amines) is 1. The summed E-state index contributed by atoms with van der Waals surface area (Å²) < 4.78 is 2.03. The first-order chi connectivity index (χ1) is 12.8. The van der Waals surface area contributed by atoms with E-state index in [2.05, 4.69) is 25.4 Å². The van der Waals surface area contributed by atoms with Crippen molar-refractivity contribution < 1.29 is 0 Å². The van der Waals surface area contributed by atoms with Gasteiger partial charge in [0, 0.05) is 26.3 Å². The molecule has 1 aliphatic heterocycles. The molecule has 0 unspecified atom stereocenters. The molecule has 2 aliphatic rings. The van der Waals surface area contributed by atoms with Crippen LogP contribution in [0.2, 0.25) is 0 Å². The van der Waals surface area contributed by atoms with E-state index in [1.54, 1.807) is 0 Å². The van der Waals surface area contributed by atoms with Gasteiger partial charge in [-0.25, -0.2) is 0 Å². The molecule has 2 fully saturated rings. The molecular weight excluding hydrogens is 451 g/mol. The number of guanidine groups is 1. The van der Waals surface area contributed by atoms with Crippen molar-refractivity contribution in [2.75, 3.05) is 20.1 Å². The number of rotatable bonds is 2. The van der Waals surface area contributed by atoms with Crippen LogP contribution in [0, 0.1) is 5.41 Å². The van der Waals surface area contributed by atoms with Crippen molar-refractivity contribution in [3.05, 3.63) is 30.2 Å². The highest BCUT2D eigenvalue weighted by Crippen LogP contribution is 2.42. The summed E-state index contributed by atoms with van der Waals surface area (Å²) in [6, 6.07) is 5.97. The third-order valence-electron chi connectivity index (χ3n) is 6.13. The summed E-state index contributed by atoms with van der Waals surface area (Å²) in [5.74, 6) is 1.92. The van der Waals surface area contributed by atoms with Crippen LogP contribution in [0.1, 0.15) is 57.2 Å². The Hall–Kier alpha value is -1.38. The van der Waals surface area contributed by atoms with Crippen LogP contribution in [0.25, 0.3) is 5.65 Å². The van der Waals surface area contributed by atoms with E-state index >= 15 is 0 Å². The summed E-state index contributed by atoms with van der Waals surface area (Å²) in [4.78, 5) is 7.04. The number of fused-ring (bicyclic) bond motifs is 1. The number of halogens is 1. The smallest absolute Gasteiger partial charge is 0.194 e. The lowest BCUT2D eigenvalue weighted by Crippen LogP contribution is -2.50.